The number of aromatic nitrogens is 2. The molecule has 19 aromatic rings. The van der Waals surface area contributed by atoms with Gasteiger partial charge in [0.1, 0.15) is 0 Å². The number of anilines is 6. The van der Waals surface area contributed by atoms with Crippen LogP contribution in [0.15, 0.2) is 340 Å². The molecule has 0 fully saturated rings. The highest BCUT2D eigenvalue weighted by molar-refractivity contribution is 7.00. The lowest BCUT2D eigenvalue weighted by Crippen LogP contribution is -2.61. The predicted octanol–water partition coefficient (Wildman–Crippen LogP) is 27.1. The van der Waals surface area contributed by atoms with Crippen LogP contribution in [-0.4, -0.2) is 15.8 Å². The van der Waals surface area contributed by atoms with E-state index in [-0.39, 0.29) is 23.0 Å². The van der Waals surface area contributed by atoms with E-state index in [0.717, 1.165) is 90.0 Å². The number of hydrogen-bond donors (Lipinski definition) is 0. The van der Waals surface area contributed by atoms with Crippen molar-refractivity contribution in [3.63, 3.8) is 0 Å². The second kappa shape index (κ2) is 24.8. The van der Waals surface area contributed by atoms with Crippen LogP contribution in [0.5, 0.6) is 0 Å². The van der Waals surface area contributed by atoms with E-state index >= 15 is 0 Å². The number of para-hydroxylation sites is 2. The lowest BCUT2D eigenvalue weighted by Gasteiger charge is -2.46. The van der Waals surface area contributed by atoms with Crippen LogP contribution in [0.4, 0.5) is 34.1 Å². The van der Waals surface area contributed by atoms with Crippen LogP contribution >= 0.6 is 0 Å². The first-order chi connectivity index (χ1) is 54.0. The van der Waals surface area contributed by atoms with E-state index in [1.807, 2.05) is 0 Å². The van der Waals surface area contributed by atoms with Crippen LogP contribution in [0.1, 0.15) is 79.0 Å². The molecule has 17 aromatic carbocycles. The molecule has 0 N–H and O–H groups in total. The predicted molar refractivity (Wildman–Crippen MR) is 477 cm³/mol. The molecule has 111 heavy (non-hydrogen) atoms. The fourth-order valence-corrected chi connectivity index (χ4v) is 19.0. The highest BCUT2D eigenvalue weighted by atomic mass is 15.2. The summed E-state index contributed by atoms with van der Waals surface area (Å²) in [5.41, 5.74) is 29.9. The molecule has 0 amide bonds. The van der Waals surface area contributed by atoms with Gasteiger partial charge in [-0.1, -0.05) is 329 Å². The monoisotopic (exact) mass is 1420 g/mol. The van der Waals surface area contributed by atoms with Crippen LogP contribution in [0, 0.1) is 0 Å². The minimum absolute atomic E-state index is 0.131. The Hall–Kier alpha value is -13.0. The van der Waals surface area contributed by atoms with E-state index in [4.69, 9.17) is 0 Å². The van der Waals surface area contributed by atoms with Crippen LogP contribution in [0.25, 0.3) is 143 Å². The van der Waals surface area contributed by atoms with E-state index in [9.17, 15) is 0 Å². The zero-order chi connectivity index (χ0) is 74.9. The fourth-order valence-electron chi connectivity index (χ4n) is 19.0. The van der Waals surface area contributed by atoms with Gasteiger partial charge in [0.25, 0.3) is 6.71 Å². The van der Waals surface area contributed by atoms with Gasteiger partial charge in [0.05, 0.1) is 33.4 Å². The Morgan fingerprint density at radius 3 is 0.910 bits per heavy atom. The Morgan fingerprint density at radius 2 is 0.568 bits per heavy atom. The molecule has 2 aliphatic heterocycles. The second-order valence-corrected chi connectivity index (χ2v) is 34.0. The van der Waals surface area contributed by atoms with Crippen LogP contribution in [-0.2, 0) is 16.2 Å². The number of fused-ring (bicyclic) bond motifs is 16. The molecule has 2 aromatic heterocycles. The summed E-state index contributed by atoms with van der Waals surface area (Å²) in [4.78, 5) is 5.45. The van der Waals surface area contributed by atoms with Crippen LogP contribution < -0.4 is 26.2 Å². The van der Waals surface area contributed by atoms with Gasteiger partial charge in [0.2, 0.25) is 0 Å². The van der Waals surface area contributed by atoms with Crippen molar-refractivity contribution in [2.45, 2.75) is 78.6 Å². The molecule has 0 saturated carbocycles. The average Bonchev–Trinajstić information content (AvgIpc) is 0.716. The minimum Gasteiger partial charge on any atom is -0.310 e. The Morgan fingerprint density at radius 1 is 0.243 bits per heavy atom. The van der Waals surface area contributed by atoms with Gasteiger partial charge in [-0.3, -0.25) is 0 Å². The highest BCUT2D eigenvalue weighted by Gasteiger charge is 2.46. The van der Waals surface area contributed by atoms with Crippen molar-refractivity contribution >= 4 is 144 Å². The molecule has 0 spiro atoms. The fraction of sp³-hybridized carbons (Fsp3) is 0.113. The van der Waals surface area contributed by atoms with E-state index in [1.165, 1.54) is 120 Å². The summed E-state index contributed by atoms with van der Waals surface area (Å²) in [6.07, 6.45) is 0. The number of nitrogens with zero attached hydrogens (tertiary/aromatic N) is 4. The van der Waals surface area contributed by atoms with Gasteiger partial charge in [0, 0.05) is 88.7 Å². The molecule has 530 valence electrons. The van der Waals surface area contributed by atoms with Crippen LogP contribution in [0.3, 0.4) is 0 Å². The average molecular weight is 1420 g/mol. The van der Waals surface area contributed by atoms with E-state index in [0.29, 0.717) is 0 Å². The van der Waals surface area contributed by atoms with Crippen molar-refractivity contribution in [2.75, 3.05) is 9.80 Å². The van der Waals surface area contributed by atoms with Gasteiger partial charge in [-0.05, 0) is 177 Å². The Balaban J connectivity index is 0.942. The largest absolute Gasteiger partial charge is 0.310 e. The van der Waals surface area contributed by atoms with Crippen molar-refractivity contribution in [1.82, 2.24) is 9.13 Å². The zero-order valence-electron chi connectivity index (χ0n) is 64.2. The van der Waals surface area contributed by atoms with Crippen molar-refractivity contribution < 1.29 is 0 Å². The third kappa shape index (κ3) is 10.3. The minimum atomic E-state index is -0.345. The first-order valence-corrected chi connectivity index (χ1v) is 39.3. The van der Waals surface area contributed by atoms with E-state index in [1.54, 1.807) is 0 Å². The maximum atomic E-state index is 2.73. The van der Waals surface area contributed by atoms with Gasteiger partial charge in [-0.15, -0.1) is 0 Å². The highest BCUT2D eigenvalue weighted by Crippen LogP contribution is 2.56. The first-order valence-electron chi connectivity index (χ1n) is 39.3. The molecule has 21 rings (SSSR count). The van der Waals surface area contributed by atoms with E-state index < -0.39 is 0 Å². The molecule has 0 saturated heterocycles. The van der Waals surface area contributed by atoms with Gasteiger partial charge in [-0.2, -0.15) is 0 Å². The summed E-state index contributed by atoms with van der Waals surface area (Å²) in [6.45, 7) is 21.1. The summed E-state index contributed by atoms with van der Waals surface area (Å²) in [5.74, 6) is 0. The van der Waals surface area contributed by atoms with Gasteiger partial charge < -0.3 is 18.9 Å². The summed E-state index contributed by atoms with van der Waals surface area (Å²) < 4.78 is 5.24. The third-order valence-electron chi connectivity index (χ3n) is 24.2. The molecule has 0 bridgehead atoms. The lowest BCUT2D eigenvalue weighted by molar-refractivity contribution is 0.590. The summed E-state index contributed by atoms with van der Waals surface area (Å²) in [7, 11) is 0. The maximum Gasteiger partial charge on any atom is 0.252 e. The maximum absolute atomic E-state index is 2.73. The molecular weight excluding hydrogens is 1340 g/mol. The Labute approximate surface area is 649 Å². The zero-order valence-corrected chi connectivity index (χ0v) is 64.2. The number of rotatable bonds is 8. The molecule has 0 radical (unpaired) electrons. The lowest BCUT2D eigenvalue weighted by atomic mass is 9.33. The first kappa shape index (κ1) is 66.3. The number of benzene rings is 17. The molecule has 2 aliphatic rings. The second-order valence-electron chi connectivity index (χ2n) is 34.0. The quantitative estimate of drug-likeness (QED) is 0.141. The third-order valence-corrected chi connectivity index (χ3v) is 24.2. The molecule has 0 atom stereocenters. The van der Waals surface area contributed by atoms with Crippen molar-refractivity contribution in [3.05, 3.63) is 356 Å². The molecule has 5 heteroatoms. The number of hydrogen-bond acceptors (Lipinski definition) is 2. The van der Waals surface area contributed by atoms with Gasteiger partial charge >= 0.3 is 0 Å². The SMILES string of the molecule is CC(C)(C)c1cc2c3c(c1)N(c1c(-c4ccccc4)cccc1-c1ccccc1)c1cc(-n4c5cc6ccccc6cc5c5cc(C(C)(C)C)c6ccccc6c54)ccc1B3c1ccc(-n3c4cc5ccccc5cc4c4cc(C(C)(C)C)c5ccccc5c43)cc1N2c1c(-c2ccccc2)cccc1-c1ccccc1. The van der Waals surface area contributed by atoms with Gasteiger partial charge in [0.15, 0.2) is 0 Å². The molecule has 0 unspecified atom stereocenters. The summed E-state index contributed by atoms with van der Waals surface area (Å²) >= 11 is 0. The molecular formula is C106H83BN4. The molecule has 4 heterocycles. The summed E-state index contributed by atoms with van der Waals surface area (Å²) in [5, 5.41) is 14.9. The van der Waals surface area contributed by atoms with E-state index in [2.05, 4.69) is 421 Å². The van der Waals surface area contributed by atoms with Gasteiger partial charge in [-0.25, -0.2) is 0 Å². The van der Waals surface area contributed by atoms with Crippen molar-refractivity contribution in [3.8, 4) is 55.9 Å². The van der Waals surface area contributed by atoms with Crippen molar-refractivity contribution in [2.24, 2.45) is 0 Å². The Kier molecular flexibility index (Phi) is 14.8. The normalized spacial score (nSPS) is 13.0. The molecule has 0 aliphatic carbocycles. The summed E-state index contributed by atoms with van der Waals surface area (Å²) in [6, 6.07) is 130. The van der Waals surface area contributed by atoms with Crippen molar-refractivity contribution in [1.29, 1.82) is 0 Å². The Bertz CT molecular complexity index is 6540. The topological polar surface area (TPSA) is 16.3 Å². The molecule has 4 nitrogen and oxygen atoms in total. The smallest absolute Gasteiger partial charge is 0.252 e. The van der Waals surface area contributed by atoms with Crippen LogP contribution in [0.2, 0.25) is 0 Å². The standard InChI is InChI=1S/C106H83BN4/c1-104(2,3)74-60-97-99-98(61-74)111(101-79(68-36-18-12-19-37-68)50-31-51-80(101)69-38-20-13-21-39-69)96-63-76(109-94-59-73-43-25-23-41-71(73)57-86(94)88-65-90(106(7,8)9)82-45-27-29-47-84(82)103(88)109)53-55-92(96)107(99)91-54-52-75(62-95(91)110(97)100-77(66-32-14-10-15-33-66)48-30-49-78(100)67-34-16-11-17-35-67)108-93-58-72-42-24-22-40-70(72)56-85(93)87-64-89(105(4,5)6)81-44-26-28-46-83(81)102(87)108/h10-65H,1-9H3.